The van der Waals surface area contributed by atoms with Crippen LogP contribution in [0.4, 0.5) is 5.69 Å². The summed E-state index contributed by atoms with van der Waals surface area (Å²) in [7, 11) is 0. The number of carbonyl (C=O) groups excluding carboxylic acids is 1. The van der Waals surface area contributed by atoms with E-state index >= 15 is 0 Å². The van der Waals surface area contributed by atoms with Gasteiger partial charge in [0.1, 0.15) is 5.75 Å². The maximum atomic E-state index is 12.0. The molecule has 1 heterocycles. The van der Waals surface area contributed by atoms with E-state index in [1.54, 1.807) is 30.5 Å². The average molecular weight is 428 g/mol. The van der Waals surface area contributed by atoms with E-state index in [1.165, 1.54) is 11.3 Å². The molecule has 1 N–H and O–H groups in total. The van der Waals surface area contributed by atoms with Crippen LogP contribution < -0.4 is 15.1 Å². The molecular weight excluding hydrogens is 398 g/mol. The summed E-state index contributed by atoms with van der Waals surface area (Å²) in [6, 6.07) is 13.8. The van der Waals surface area contributed by atoms with Crippen molar-refractivity contribution in [2.75, 3.05) is 11.5 Å². The van der Waals surface area contributed by atoms with E-state index in [4.69, 9.17) is 16.3 Å². The van der Waals surface area contributed by atoms with Gasteiger partial charge in [0.25, 0.3) is 5.91 Å². The van der Waals surface area contributed by atoms with Crippen LogP contribution in [-0.2, 0) is 4.79 Å². The minimum Gasteiger partial charge on any atom is -0.482 e. The Bertz CT molecular complexity index is 940. The Kier molecular flexibility index (Phi) is 6.71. The van der Waals surface area contributed by atoms with Crippen LogP contribution in [0, 0.1) is 0 Å². The third-order valence-corrected chi connectivity index (χ3v) is 5.73. The Labute approximate surface area is 184 Å². The first kappa shape index (κ1) is 22.2. The van der Waals surface area contributed by atoms with Crippen LogP contribution in [0.3, 0.4) is 0 Å². The minimum atomic E-state index is -0.342. The summed E-state index contributed by atoms with van der Waals surface area (Å²) in [4.78, 5) is 14.5. The quantitative estimate of drug-likeness (QED) is 0.498. The van der Waals surface area contributed by atoms with Gasteiger partial charge in [0.05, 0.1) is 11.2 Å². The van der Waals surface area contributed by atoms with Crippen molar-refractivity contribution in [3.63, 3.8) is 0 Å². The summed E-state index contributed by atoms with van der Waals surface area (Å²) < 4.78 is 5.42. The van der Waals surface area contributed by atoms with E-state index in [2.05, 4.69) is 62.2 Å². The van der Waals surface area contributed by atoms with Gasteiger partial charge >= 0.3 is 0 Å². The van der Waals surface area contributed by atoms with E-state index < -0.39 is 0 Å². The van der Waals surface area contributed by atoms with Gasteiger partial charge in [0.15, 0.2) is 6.61 Å². The van der Waals surface area contributed by atoms with Crippen molar-refractivity contribution in [1.82, 2.24) is 5.43 Å². The monoisotopic (exact) mass is 427 g/mol. The molecule has 3 rings (SSSR count). The van der Waals surface area contributed by atoms with Gasteiger partial charge in [-0.3, -0.25) is 4.79 Å². The number of hydrogen-bond donors (Lipinski definition) is 1. The van der Waals surface area contributed by atoms with E-state index in [-0.39, 0.29) is 18.1 Å². The standard InChI is InChI=1S/C24H30ClN3O2/c1-16(2)28-21-11-10-18(12-19(21)17(3)13-24(28,4)5)14-26-27-23(29)15-30-22-9-7-6-8-20(22)25/h6-12,14,16-17H,13,15H2,1-5H3,(H,27,29)/b26-14+/t17-/m0/s1. The summed E-state index contributed by atoms with van der Waals surface area (Å²) in [6.07, 6.45) is 2.76. The molecular formula is C24H30ClN3O2. The van der Waals surface area contributed by atoms with Crippen LogP contribution >= 0.6 is 11.6 Å². The zero-order valence-corrected chi connectivity index (χ0v) is 19.0. The third kappa shape index (κ3) is 4.96. The molecule has 0 bridgehead atoms. The number of carbonyl (C=O) groups is 1. The van der Waals surface area contributed by atoms with Crippen LogP contribution in [0.1, 0.15) is 58.1 Å². The van der Waals surface area contributed by atoms with Gasteiger partial charge in [0, 0.05) is 17.3 Å². The number of benzene rings is 2. The fraction of sp³-hybridized carbons (Fsp3) is 0.417. The molecule has 5 nitrogen and oxygen atoms in total. The molecule has 30 heavy (non-hydrogen) atoms. The maximum absolute atomic E-state index is 12.0. The number of fused-ring (bicyclic) bond motifs is 1. The molecule has 0 aliphatic carbocycles. The van der Waals surface area contributed by atoms with Crippen molar-refractivity contribution in [3.05, 3.63) is 58.6 Å². The molecule has 0 unspecified atom stereocenters. The smallest absolute Gasteiger partial charge is 0.277 e. The predicted molar refractivity (Wildman–Crippen MR) is 124 cm³/mol. The molecule has 6 heteroatoms. The number of ether oxygens (including phenoxy) is 1. The molecule has 160 valence electrons. The van der Waals surface area contributed by atoms with Crippen molar-refractivity contribution >= 4 is 29.4 Å². The molecule has 1 atom stereocenters. The number of anilines is 1. The van der Waals surface area contributed by atoms with Gasteiger partial charge in [-0.2, -0.15) is 5.10 Å². The van der Waals surface area contributed by atoms with E-state index in [9.17, 15) is 4.79 Å². The Morgan fingerprint density at radius 2 is 2.07 bits per heavy atom. The maximum Gasteiger partial charge on any atom is 0.277 e. The van der Waals surface area contributed by atoms with Crippen LogP contribution in [-0.4, -0.2) is 30.3 Å². The summed E-state index contributed by atoms with van der Waals surface area (Å²) >= 11 is 6.02. The third-order valence-electron chi connectivity index (χ3n) is 5.41. The van der Waals surface area contributed by atoms with Gasteiger partial charge in [-0.15, -0.1) is 0 Å². The summed E-state index contributed by atoms with van der Waals surface area (Å²) in [5.41, 5.74) is 6.18. The summed E-state index contributed by atoms with van der Waals surface area (Å²) in [5.74, 6) is 0.585. The molecule has 0 fully saturated rings. The van der Waals surface area contributed by atoms with Gasteiger partial charge in [-0.25, -0.2) is 5.43 Å². The second-order valence-electron chi connectivity index (χ2n) is 8.71. The fourth-order valence-corrected chi connectivity index (χ4v) is 4.63. The topological polar surface area (TPSA) is 53.9 Å². The average Bonchev–Trinajstić information content (AvgIpc) is 2.67. The Balaban J connectivity index is 1.65. The van der Waals surface area contributed by atoms with Crippen molar-refractivity contribution in [2.45, 2.75) is 58.5 Å². The van der Waals surface area contributed by atoms with Crippen LogP contribution in [0.2, 0.25) is 5.02 Å². The number of para-hydroxylation sites is 1. The van der Waals surface area contributed by atoms with Gasteiger partial charge in [0.2, 0.25) is 0 Å². The highest BCUT2D eigenvalue weighted by atomic mass is 35.5. The SMILES string of the molecule is CC(C)N1c2ccc(/C=N/NC(=O)COc3ccccc3Cl)cc2[C@@H](C)CC1(C)C. The van der Waals surface area contributed by atoms with E-state index in [0.717, 1.165) is 12.0 Å². The molecule has 0 aromatic heterocycles. The van der Waals surface area contributed by atoms with E-state index in [0.29, 0.717) is 22.7 Å². The number of nitrogens with one attached hydrogen (secondary N) is 1. The number of amides is 1. The Morgan fingerprint density at radius 3 is 2.77 bits per heavy atom. The van der Waals surface area contributed by atoms with Crippen LogP contribution in [0.15, 0.2) is 47.6 Å². The van der Waals surface area contributed by atoms with E-state index in [1.807, 2.05) is 6.07 Å². The molecule has 2 aromatic rings. The summed E-state index contributed by atoms with van der Waals surface area (Å²) in [5, 5.41) is 4.55. The van der Waals surface area contributed by atoms with Gasteiger partial charge < -0.3 is 9.64 Å². The van der Waals surface area contributed by atoms with Gasteiger partial charge in [-0.05, 0) is 75.4 Å². The van der Waals surface area contributed by atoms with Crippen LogP contribution in [0.5, 0.6) is 5.75 Å². The van der Waals surface area contributed by atoms with Crippen molar-refractivity contribution in [2.24, 2.45) is 5.10 Å². The lowest BCUT2D eigenvalue weighted by Gasteiger charge is -2.50. The largest absolute Gasteiger partial charge is 0.482 e. The molecule has 0 saturated heterocycles. The predicted octanol–water partition coefficient (Wildman–Crippen LogP) is 5.37. The molecule has 1 amide bonds. The Hall–Kier alpha value is -2.53. The second kappa shape index (κ2) is 9.09. The zero-order chi connectivity index (χ0) is 21.9. The number of nitrogens with zero attached hydrogens (tertiary/aromatic N) is 2. The molecule has 1 aliphatic rings. The molecule has 0 radical (unpaired) electrons. The number of hydrazone groups is 1. The molecule has 1 aliphatic heterocycles. The molecule has 0 saturated carbocycles. The second-order valence-corrected chi connectivity index (χ2v) is 9.12. The van der Waals surface area contributed by atoms with Crippen LogP contribution in [0.25, 0.3) is 0 Å². The first-order chi connectivity index (χ1) is 14.2. The van der Waals surface area contributed by atoms with Crippen molar-refractivity contribution in [1.29, 1.82) is 0 Å². The minimum absolute atomic E-state index is 0.117. The lowest BCUT2D eigenvalue weighted by atomic mass is 9.79. The summed E-state index contributed by atoms with van der Waals surface area (Å²) in [6.45, 7) is 11.2. The highest BCUT2D eigenvalue weighted by molar-refractivity contribution is 6.32. The molecule has 2 aromatic carbocycles. The zero-order valence-electron chi connectivity index (χ0n) is 18.3. The Morgan fingerprint density at radius 1 is 1.33 bits per heavy atom. The highest BCUT2D eigenvalue weighted by Crippen LogP contribution is 2.44. The van der Waals surface area contributed by atoms with Crippen molar-refractivity contribution < 1.29 is 9.53 Å². The molecule has 0 spiro atoms. The highest BCUT2D eigenvalue weighted by Gasteiger charge is 2.37. The fourth-order valence-electron chi connectivity index (χ4n) is 4.44. The van der Waals surface area contributed by atoms with Crippen molar-refractivity contribution in [3.8, 4) is 5.75 Å². The lowest BCUT2D eigenvalue weighted by Crippen LogP contribution is -2.51. The first-order valence-electron chi connectivity index (χ1n) is 10.3. The lowest BCUT2D eigenvalue weighted by molar-refractivity contribution is -0.123. The first-order valence-corrected chi connectivity index (χ1v) is 10.7. The number of hydrogen-bond acceptors (Lipinski definition) is 4. The number of rotatable bonds is 6. The van der Waals surface area contributed by atoms with Gasteiger partial charge in [-0.1, -0.05) is 36.7 Å². The normalized spacial score (nSPS) is 17.8. The number of halogens is 1.